The second-order valence-corrected chi connectivity index (χ2v) is 8.88. The van der Waals surface area contributed by atoms with Crippen molar-refractivity contribution in [3.8, 4) is 0 Å². The maximum atomic E-state index is 13.4. The zero-order valence-electron chi connectivity index (χ0n) is 19.6. The Morgan fingerprint density at radius 1 is 1.14 bits per heavy atom. The van der Waals surface area contributed by atoms with Gasteiger partial charge in [-0.2, -0.15) is 5.10 Å². The van der Waals surface area contributed by atoms with E-state index < -0.39 is 11.9 Å². The Labute approximate surface area is 203 Å². The Morgan fingerprint density at radius 2 is 1.97 bits per heavy atom. The van der Waals surface area contributed by atoms with E-state index in [-0.39, 0.29) is 23.4 Å². The fourth-order valence-electron chi connectivity index (χ4n) is 4.14. The first kappa shape index (κ1) is 23.1. The van der Waals surface area contributed by atoms with Crippen molar-refractivity contribution < 1.29 is 14.3 Å². The largest absolute Gasteiger partial charge is 0.376 e. The van der Waals surface area contributed by atoms with Crippen LogP contribution in [-0.2, 0) is 9.53 Å². The maximum absolute atomic E-state index is 13.4. The van der Waals surface area contributed by atoms with Gasteiger partial charge in [-0.1, -0.05) is 0 Å². The van der Waals surface area contributed by atoms with Crippen molar-refractivity contribution in [2.45, 2.75) is 50.7 Å². The molecule has 3 N–H and O–H groups in total. The van der Waals surface area contributed by atoms with Gasteiger partial charge in [0.15, 0.2) is 11.5 Å². The number of nitrogens with one attached hydrogen (secondary N) is 3. The smallest absolute Gasteiger partial charge is 0.274 e. The first-order valence-electron chi connectivity index (χ1n) is 12.0. The zero-order chi connectivity index (χ0) is 24.2. The van der Waals surface area contributed by atoms with Crippen molar-refractivity contribution in [2.24, 2.45) is 5.10 Å². The molecule has 3 aliphatic rings. The van der Waals surface area contributed by atoms with Gasteiger partial charge in [0.25, 0.3) is 11.8 Å². The average molecular weight is 480 g/mol. The van der Waals surface area contributed by atoms with Crippen LogP contribution in [0.25, 0.3) is 0 Å². The summed E-state index contributed by atoms with van der Waals surface area (Å²) in [5, 5.41) is 15.1. The second kappa shape index (κ2) is 10.3. The molecule has 2 aromatic rings. The zero-order valence-corrected chi connectivity index (χ0v) is 19.6. The van der Waals surface area contributed by atoms with Gasteiger partial charge in [-0.3, -0.25) is 14.6 Å². The second-order valence-electron chi connectivity index (χ2n) is 8.88. The van der Waals surface area contributed by atoms with Gasteiger partial charge in [0.1, 0.15) is 12.0 Å². The number of amides is 2. The first-order valence-corrected chi connectivity index (χ1v) is 12.0. The van der Waals surface area contributed by atoms with Crippen LogP contribution in [0.15, 0.2) is 30.0 Å². The summed E-state index contributed by atoms with van der Waals surface area (Å²) in [6.45, 7) is 4.11. The summed E-state index contributed by atoms with van der Waals surface area (Å²) in [6, 6.07) is -0.578. The molecule has 2 amide bonds. The van der Waals surface area contributed by atoms with E-state index in [4.69, 9.17) is 4.74 Å². The molecular weight excluding hydrogens is 450 g/mol. The number of hydrogen-bond donors (Lipinski definition) is 3. The Morgan fingerprint density at radius 3 is 2.69 bits per heavy atom. The number of carbonyl (C=O) groups excluding carboxylic acids is 2. The van der Waals surface area contributed by atoms with Gasteiger partial charge in [0.2, 0.25) is 0 Å². The minimum Gasteiger partial charge on any atom is -0.376 e. The number of likely N-dealkylation sites (N-methyl/N-ethyl adjacent to an activating group) is 1. The van der Waals surface area contributed by atoms with Crippen LogP contribution in [0.2, 0.25) is 0 Å². The summed E-state index contributed by atoms with van der Waals surface area (Å²) in [6.07, 6.45) is 10.3. The van der Waals surface area contributed by atoms with Crippen molar-refractivity contribution >= 4 is 29.0 Å². The van der Waals surface area contributed by atoms with Crippen LogP contribution in [0.5, 0.6) is 0 Å². The van der Waals surface area contributed by atoms with Crippen LogP contribution in [0.3, 0.4) is 0 Å². The van der Waals surface area contributed by atoms with E-state index >= 15 is 0 Å². The summed E-state index contributed by atoms with van der Waals surface area (Å²) in [4.78, 5) is 43.4. The highest BCUT2D eigenvalue weighted by molar-refractivity contribution is 6.41. The first-order chi connectivity index (χ1) is 17.1. The van der Waals surface area contributed by atoms with E-state index in [1.54, 1.807) is 23.6 Å². The molecule has 184 valence electrons. The normalized spacial score (nSPS) is 21.5. The molecular formula is C23H29N9O3. The predicted octanol–water partition coefficient (Wildman–Crippen LogP) is 0.973. The van der Waals surface area contributed by atoms with E-state index in [0.717, 1.165) is 38.0 Å². The number of nitrogens with zero attached hydrogens (tertiary/aromatic N) is 6. The summed E-state index contributed by atoms with van der Waals surface area (Å²) >= 11 is 0. The summed E-state index contributed by atoms with van der Waals surface area (Å²) in [5.74, 6) is -0.111. The molecule has 2 aliphatic heterocycles. The number of hydrogen-bond acceptors (Lipinski definition) is 10. The highest BCUT2D eigenvalue weighted by Crippen LogP contribution is 2.39. The number of anilines is 2. The van der Waals surface area contributed by atoms with Gasteiger partial charge in [0.05, 0.1) is 48.7 Å². The molecule has 1 aliphatic carbocycles. The lowest BCUT2D eigenvalue weighted by atomic mass is 10.1. The Kier molecular flexibility index (Phi) is 6.80. The molecule has 2 unspecified atom stereocenters. The van der Waals surface area contributed by atoms with Crippen LogP contribution >= 0.6 is 0 Å². The van der Waals surface area contributed by atoms with Crippen molar-refractivity contribution in [2.75, 3.05) is 31.6 Å². The standard InChI is InChI=1S/C23H29N9O3/c1-2-32-12-18(19(31-32)22(33)27-10-16-4-3-7-35-16)30-23(34)20-21(28-15-8-24-13-25-9-15)26-11-17(29-20)14-5-6-14/h8-9,11,13-14,16,18H,2-7,10,12H2,1H3,(H,26,28)(H,27,33)(H,30,34). The Hall–Kier alpha value is -3.67. The van der Waals surface area contributed by atoms with E-state index in [9.17, 15) is 9.59 Å². The lowest BCUT2D eigenvalue weighted by Crippen LogP contribution is -2.49. The summed E-state index contributed by atoms with van der Waals surface area (Å²) < 4.78 is 5.59. The molecule has 1 saturated heterocycles. The highest BCUT2D eigenvalue weighted by atomic mass is 16.5. The van der Waals surface area contributed by atoms with Crippen LogP contribution in [0.1, 0.15) is 54.7 Å². The predicted molar refractivity (Wildman–Crippen MR) is 127 cm³/mol. The quantitative estimate of drug-likeness (QED) is 0.479. The SMILES string of the molecule is CCN1CC(NC(=O)c2nc(C3CC3)cnc2Nc2cncnc2)C(C(=O)NCC2CCCO2)=N1. The minimum absolute atomic E-state index is 0.0207. The number of rotatable bonds is 9. The fourth-order valence-corrected chi connectivity index (χ4v) is 4.14. The van der Waals surface area contributed by atoms with Crippen molar-refractivity contribution in [3.63, 3.8) is 0 Å². The summed E-state index contributed by atoms with van der Waals surface area (Å²) in [7, 11) is 0. The third kappa shape index (κ3) is 5.53. The molecule has 0 spiro atoms. The molecule has 2 aromatic heterocycles. The van der Waals surface area contributed by atoms with Gasteiger partial charge >= 0.3 is 0 Å². The van der Waals surface area contributed by atoms with Crippen LogP contribution in [0.4, 0.5) is 11.5 Å². The van der Waals surface area contributed by atoms with Gasteiger partial charge in [-0.05, 0) is 32.6 Å². The van der Waals surface area contributed by atoms with Crippen LogP contribution in [-0.4, -0.2) is 80.9 Å². The molecule has 0 aromatic carbocycles. The van der Waals surface area contributed by atoms with Gasteiger partial charge in [-0.25, -0.2) is 19.9 Å². The number of aromatic nitrogens is 4. The van der Waals surface area contributed by atoms with Crippen molar-refractivity contribution in [1.82, 2.24) is 35.6 Å². The molecule has 12 heteroatoms. The molecule has 4 heterocycles. The van der Waals surface area contributed by atoms with Crippen molar-refractivity contribution in [3.05, 3.63) is 36.3 Å². The van der Waals surface area contributed by atoms with Gasteiger partial charge in [0, 0.05) is 25.6 Å². The van der Waals surface area contributed by atoms with Gasteiger partial charge in [-0.15, -0.1) is 0 Å². The highest BCUT2D eigenvalue weighted by Gasteiger charge is 2.34. The third-order valence-corrected chi connectivity index (χ3v) is 6.21. The van der Waals surface area contributed by atoms with Crippen LogP contribution in [0, 0.1) is 0 Å². The topological polar surface area (TPSA) is 147 Å². The average Bonchev–Trinajstić information content (AvgIpc) is 3.44. The molecule has 12 nitrogen and oxygen atoms in total. The monoisotopic (exact) mass is 479 g/mol. The minimum atomic E-state index is -0.578. The third-order valence-electron chi connectivity index (χ3n) is 6.21. The van der Waals surface area contributed by atoms with E-state index in [1.165, 1.54) is 6.33 Å². The number of carbonyl (C=O) groups is 2. The molecule has 0 bridgehead atoms. The molecule has 35 heavy (non-hydrogen) atoms. The molecule has 2 fully saturated rings. The molecule has 1 saturated carbocycles. The van der Waals surface area contributed by atoms with E-state index in [2.05, 4.69) is 41.0 Å². The Bertz CT molecular complexity index is 1100. The number of hydrazone groups is 1. The van der Waals surface area contributed by atoms with Crippen molar-refractivity contribution in [1.29, 1.82) is 0 Å². The maximum Gasteiger partial charge on any atom is 0.274 e. The number of ether oxygens (including phenoxy) is 1. The Balaban J connectivity index is 1.32. The lowest BCUT2D eigenvalue weighted by Gasteiger charge is -2.18. The molecule has 2 atom stereocenters. The van der Waals surface area contributed by atoms with E-state index in [0.29, 0.717) is 37.1 Å². The van der Waals surface area contributed by atoms with E-state index in [1.807, 2.05) is 6.92 Å². The summed E-state index contributed by atoms with van der Waals surface area (Å²) in [5.41, 5.74) is 1.81. The lowest BCUT2D eigenvalue weighted by molar-refractivity contribution is -0.115. The molecule has 0 radical (unpaired) electrons. The van der Waals surface area contributed by atoms with Crippen LogP contribution < -0.4 is 16.0 Å². The molecule has 5 rings (SSSR count). The fraction of sp³-hybridized carbons (Fsp3) is 0.522. The van der Waals surface area contributed by atoms with Gasteiger partial charge < -0.3 is 20.7 Å².